The van der Waals surface area contributed by atoms with Gasteiger partial charge in [0.2, 0.25) is 0 Å². The van der Waals surface area contributed by atoms with Gasteiger partial charge in [-0.2, -0.15) is 0 Å². The fraction of sp³-hybridized carbons (Fsp3) is 0.250. The molecule has 0 N–H and O–H groups in total. The molecule has 0 radical (unpaired) electrons. The smallest absolute Gasteiger partial charge is 0.273 e. The monoisotopic (exact) mass is 283 g/mol. The molecule has 0 atom stereocenters. The number of benzene rings is 1. The van der Waals surface area contributed by atoms with E-state index in [0.717, 1.165) is 24.6 Å². The Morgan fingerprint density at radius 2 is 2.00 bits per heavy atom. The van der Waals surface area contributed by atoms with Crippen molar-refractivity contribution in [2.75, 3.05) is 6.61 Å². The number of hydrogen-bond donors (Lipinski definition) is 0. The number of rotatable bonds is 5. The van der Waals surface area contributed by atoms with Crippen LogP contribution in [-0.4, -0.2) is 11.6 Å². The maximum Gasteiger partial charge on any atom is 0.273 e. The van der Waals surface area contributed by atoms with Crippen molar-refractivity contribution in [3.63, 3.8) is 0 Å². The topological polar surface area (TPSA) is 22.1 Å². The van der Waals surface area contributed by atoms with Crippen LogP contribution >= 0.6 is 11.3 Å². The average molecular weight is 285 g/mol. The summed E-state index contributed by atoms with van der Waals surface area (Å²) in [5.41, 5.74) is 1.36. The van der Waals surface area contributed by atoms with Gasteiger partial charge in [-0.25, -0.2) is 4.98 Å². The molecule has 0 saturated carbocycles. The molecule has 0 saturated heterocycles. The van der Waals surface area contributed by atoms with Crippen molar-refractivity contribution in [1.29, 1.82) is 0 Å². The van der Waals surface area contributed by atoms with Gasteiger partial charge in [-0.3, -0.25) is 0 Å². The zero-order chi connectivity index (χ0) is 10.3. The molecule has 0 spiro atoms. The van der Waals surface area contributed by atoms with Gasteiger partial charge >= 0.3 is 0 Å². The number of nitrogens with zero attached hydrogens (tertiary/aromatic N) is 1. The Balaban J connectivity index is 0.00000128. The third-order valence-corrected chi connectivity index (χ3v) is 2.77. The Morgan fingerprint density at radius 1 is 1.19 bits per heavy atom. The molecule has 2 rings (SSSR count). The molecule has 0 bridgehead atoms. The molecule has 1 aromatic heterocycles. The van der Waals surface area contributed by atoms with Crippen LogP contribution in [-0.2, 0) is 25.9 Å². The summed E-state index contributed by atoms with van der Waals surface area (Å²) in [6.07, 6.45) is 3.85. The van der Waals surface area contributed by atoms with E-state index in [1.54, 1.807) is 6.20 Å². The number of hydrogen-bond acceptors (Lipinski definition) is 3. The third-order valence-electron chi connectivity index (χ3n) is 2.09. The maximum absolute atomic E-state index is 5.48. The normalized spacial score (nSPS) is 9.50. The first-order chi connectivity index (χ1) is 7.45. The summed E-state index contributed by atoms with van der Waals surface area (Å²) in [6.45, 7) is 0.738. The van der Waals surface area contributed by atoms with E-state index >= 15 is 0 Å². The zero-order valence-electron chi connectivity index (χ0n) is 9.13. The molecular formula is C12H13NOSZn. The molecule has 2 nitrogen and oxygen atoms in total. The Morgan fingerprint density at radius 3 is 2.69 bits per heavy atom. The quantitative estimate of drug-likeness (QED) is 0.621. The van der Waals surface area contributed by atoms with Crippen molar-refractivity contribution in [3.8, 4) is 5.19 Å². The van der Waals surface area contributed by atoms with Gasteiger partial charge < -0.3 is 4.74 Å². The molecule has 1 heterocycles. The van der Waals surface area contributed by atoms with E-state index in [1.165, 1.54) is 16.9 Å². The van der Waals surface area contributed by atoms with E-state index in [2.05, 4.69) is 29.2 Å². The standard InChI is InChI=1S/C12H13NOS.Zn/c1-2-5-11(6-3-1)7-4-9-14-12-13-8-10-15-12;/h1-3,5-6,8,10H,4,7,9H2;. The summed E-state index contributed by atoms with van der Waals surface area (Å²) < 4.78 is 5.48. The fourth-order valence-corrected chi connectivity index (χ4v) is 1.87. The number of aromatic nitrogens is 1. The molecule has 4 heteroatoms. The van der Waals surface area contributed by atoms with Gasteiger partial charge in [0.15, 0.2) is 0 Å². The average Bonchev–Trinajstić information content (AvgIpc) is 2.79. The number of thiazole rings is 1. The van der Waals surface area contributed by atoms with Gasteiger partial charge in [-0.1, -0.05) is 41.7 Å². The molecule has 0 aliphatic heterocycles. The minimum atomic E-state index is 0. The maximum atomic E-state index is 5.48. The van der Waals surface area contributed by atoms with E-state index in [1.807, 2.05) is 11.4 Å². The van der Waals surface area contributed by atoms with Crippen LogP contribution < -0.4 is 4.74 Å². The van der Waals surface area contributed by atoms with Crippen molar-refractivity contribution in [3.05, 3.63) is 47.5 Å². The minimum Gasteiger partial charge on any atom is -0.470 e. The Bertz CT molecular complexity index is 377. The van der Waals surface area contributed by atoms with E-state index in [9.17, 15) is 0 Å². The van der Waals surface area contributed by atoms with Crippen LogP contribution in [0.15, 0.2) is 41.9 Å². The molecule has 0 aliphatic carbocycles. The first-order valence-electron chi connectivity index (χ1n) is 5.01. The van der Waals surface area contributed by atoms with Crippen molar-refractivity contribution in [2.45, 2.75) is 12.8 Å². The fourth-order valence-electron chi connectivity index (χ4n) is 1.36. The van der Waals surface area contributed by atoms with Gasteiger partial charge in [0.25, 0.3) is 5.19 Å². The predicted octanol–water partition coefficient (Wildman–Crippen LogP) is 3.15. The van der Waals surface area contributed by atoms with Gasteiger partial charge in [-0.05, 0) is 18.4 Å². The van der Waals surface area contributed by atoms with Crippen molar-refractivity contribution >= 4 is 11.3 Å². The molecule has 0 unspecified atom stereocenters. The largest absolute Gasteiger partial charge is 0.470 e. The van der Waals surface area contributed by atoms with Gasteiger partial charge in [0.05, 0.1) is 6.61 Å². The molecule has 0 amide bonds. The van der Waals surface area contributed by atoms with Crippen molar-refractivity contribution in [1.82, 2.24) is 4.98 Å². The second-order valence-corrected chi connectivity index (χ2v) is 4.09. The third kappa shape index (κ3) is 4.42. The van der Waals surface area contributed by atoms with Gasteiger partial charge in [0, 0.05) is 31.1 Å². The molecular weight excluding hydrogens is 272 g/mol. The molecule has 0 fully saturated rings. The number of aryl methyl sites for hydroxylation is 1. The zero-order valence-corrected chi connectivity index (χ0v) is 12.9. The molecule has 2 aromatic rings. The molecule has 80 valence electrons. The van der Waals surface area contributed by atoms with E-state index in [0.29, 0.717) is 0 Å². The Hall–Kier alpha value is -0.727. The van der Waals surface area contributed by atoms with Crippen LogP contribution in [0.2, 0.25) is 0 Å². The molecule has 1 aromatic carbocycles. The SMILES string of the molecule is [Zn].c1ccc(CCCOc2nccs2)cc1. The summed E-state index contributed by atoms with van der Waals surface area (Å²) in [7, 11) is 0. The summed E-state index contributed by atoms with van der Waals surface area (Å²) in [5, 5.41) is 2.69. The minimum absolute atomic E-state index is 0. The van der Waals surface area contributed by atoms with Crippen molar-refractivity contribution in [2.24, 2.45) is 0 Å². The van der Waals surface area contributed by atoms with Crippen LogP contribution in [0.1, 0.15) is 12.0 Å². The van der Waals surface area contributed by atoms with E-state index < -0.39 is 0 Å². The van der Waals surface area contributed by atoms with Crippen LogP contribution in [0, 0.1) is 0 Å². The summed E-state index contributed by atoms with van der Waals surface area (Å²) in [6, 6.07) is 10.5. The van der Waals surface area contributed by atoms with Crippen LogP contribution in [0.4, 0.5) is 0 Å². The second-order valence-electron chi connectivity index (χ2n) is 3.24. The predicted molar refractivity (Wildman–Crippen MR) is 62.4 cm³/mol. The molecule has 16 heavy (non-hydrogen) atoms. The van der Waals surface area contributed by atoms with Gasteiger partial charge in [-0.15, -0.1) is 0 Å². The first-order valence-corrected chi connectivity index (χ1v) is 5.89. The summed E-state index contributed by atoms with van der Waals surface area (Å²) >= 11 is 1.54. The van der Waals surface area contributed by atoms with E-state index in [4.69, 9.17) is 4.74 Å². The van der Waals surface area contributed by atoms with Crippen LogP contribution in [0.3, 0.4) is 0 Å². The molecule has 0 aliphatic rings. The first kappa shape index (κ1) is 13.3. The summed E-state index contributed by atoms with van der Waals surface area (Å²) in [4.78, 5) is 4.06. The van der Waals surface area contributed by atoms with Gasteiger partial charge in [0.1, 0.15) is 0 Å². The van der Waals surface area contributed by atoms with E-state index in [-0.39, 0.29) is 19.5 Å². The Labute approximate surface area is 112 Å². The van der Waals surface area contributed by atoms with Crippen LogP contribution in [0.5, 0.6) is 5.19 Å². The summed E-state index contributed by atoms with van der Waals surface area (Å²) in [5.74, 6) is 0. The Kier molecular flexibility index (Phi) is 6.28. The second kappa shape index (κ2) is 7.53. The van der Waals surface area contributed by atoms with Crippen molar-refractivity contribution < 1.29 is 24.2 Å². The number of ether oxygens (including phenoxy) is 1. The van der Waals surface area contributed by atoms with Crippen LogP contribution in [0.25, 0.3) is 0 Å².